The first kappa shape index (κ1) is 26.7. The van der Waals surface area contributed by atoms with Crippen molar-refractivity contribution in [2.45, 2.75) is 97.0 Å². The largest absolute Gasteiger partial charge is 0.413 e. The molecule has 0 saturated carbocycles. The normalized spacial score (nSPS) is 27.9. The predicted molar refractivity (Wildman–Crippen MR) is 158 cm³/mol. The van der Waals surface area contributed by atoms with Gasteiger partial charge in [-0.05, 0) is 48.6 Å². The molecule has 5 atom stereocenters. The van der Waals surface area contributed by atoms with Crippen LogP contribution in [0.4, 0.5) is 5.69 Å². The summed E-state index contributed by atoms with van der Waals surface area (Å²) in [4.78, 5) is 0. The highest BCUT2D eigenvalue weighted by Crippen LogP contribution is 2.59. The van der Waals surface area contributed by atoms with E-state index in [1.54, 1.807) is 0 Å². The summed E-state index contributed by atoms with van der Waals surface area (Å²) in [5, 5.41) is 3.90. The summed E-state index contributed by atoms with van der Waals surface area (Å²) in [5.74, 6) is 0.570. The molecule has 1 radical (unpaired) electrons. The molecule has 2 bridgehead atoms. The van der Waals surface area contributed by atoms with Crippen LogP contribution in [0.1, 0.15) is 70.9 Å². The molecule has 3 heterocycles. The van der Waals surface area contributed by atoms with Gasteiger partial charge >= 0.3 is 0 Å². The van der Waals surface area contributed by atoms with Gasteiger partial charge in [-0.25, -0.2) is 0 Å². The molecule has 0 aliphatic carbocycles. The van der Waals surface area contributed by atoms with E-state index in [4.69, 9.17) is 4.43 Å². The fourth-order valence-corrected chi connectivity index (χ4v) is 8.98. The Hall–Kier alpha value is -1.88. The quantitative estimate of drug-likeness (QED) is 0.256. The van der Waals surface area contributed by atoms with Crippen LogP contribution in [0.2, 0.25) is 13.1 Å². The maximum atomic E-state index is 6.90. The third-order valence-corrected chi connectivity index (χ3v) is 10.2. The number of benzene rings is 2. The molecule has 3 aliphatic rings. The van der Waals surface area contributed by atoms with Gasteiger partial charge in [0, 0.05) is 29.8 Å². The number of fused-ring (bicyclic) bond motifs is 2. The molecule has 0 aromatic heterocycles. The number of nitrogens with one attached hydrogen (secondary N) is 1. The van der Waals surface area contributed by atoms with Gasteiger partial charge in [-0.3, -0.25) is 0 Å². The maximum Gasteiger partial charge on any atom is 0.205 e. The lowest BCUT2D eigenvalue weighted by Gasteiger charge is -2.49. The van der Waals surface area contributed by atoms with Gasteiger partial charge in [0.2, 0.25) is 9.04 Å². The van der Waals surface area contributed by atoms with Crippen LogP contribution < -0.4 is 5.32 Å². The topological polar surface area (TPSA) is 21.3 Å². The lowest BCUT2D eigenvalue weighted by Crippen LogP contribution is -2.60. The van der Waals surface area contributed by atoms with Crippen molar-refractivity contribution in [1.29, 1.82) is 0 Å². The molecule has 199 valence electrons. The summed E-state index contributed by atoms with van der Waals surface area (Å²) in [6.07, 6.45) is 9.13. The molecule has 4 heteroatoms. The van der Waals surface area contributed by atoms with Crippen molar-refractivity contribution in [3.05, 3.63) is 77.5 Å². The summed E-state index contributed by atoms with van der Waals surface area (Å²) in [6, 6.07) is 21.0. The summed E-state index contributed by atoms with van der Waals surface area (Å²) in [6.45, 7) is 17.7. The van der Waals surface area contributed by atoms with Gasteiger partial charge in [0.25, 0.3) is 0 Å². The van der Waals surface area contributed by atoms with Gasteiger partial charge in [-0.15, -0.1) is 0 Å². The van der Waals surface area contributed by atoms with E-state index in [-0.39, 0.29) is 10.8 Å². The number of quaternary nitrogens is 1. The molecular weight excluding hydrogens is 468 g/mol. The standard InChI is InChI=1S/C33H48N2OSi/c1-7-8-16-26(31(32(2,3)4)36-37(5)6)23-30-33-20-22-35(30,24-25-14-10-9-11-15-25)21-19-29(33)34-28-18-13-12-17-27(28)33/h9-15,17-19,26,30-31,34H,7-8,16,20-24H2,1-6H3/q+1. The number of hydrogen-bond donors (Lipinski definition) is 1. The minimum atomic E-state index is -0.795. The second-order valence-electron chi connectivity index (χ2n) is 13.2. The Morgan fingerprint density at radius 3 is 2.51 bits per heavy atom. The van der Waals surface area contributed by atoms with E-state index in [1.165, 1.54) is 65.6 Å². The number of nitrogens with zero attached hydrogens (tertiary/aromatic N) is 1. The highest BCUT2D eigenvalue weighted by molar-refractivity contribution is 6.48. The van der Waals surface area contributed by atoms with Crippen LogP contribution in [0.15, 0.2) is 66.4 Å². The Morgan fingerprint density at radius 1 is 1.08 bits per heavy atom. The molecule has 1 N–H and O–H groups in total. The minimum Gasteiger partial charge on any atom is -0.413 e. The molecule has 3 nitrogen and oxygen atoms in total. The first-order valence-electron chi connectivity index (χ1n) is 14.6. The zero-order chi connectivity index (χ0) is 26.3. The molecule has 37 heavy (non-hydrogen) atoms. The minimum absolute atomic E-state index is 0.0999. The van der Waals surface area contributed by atoms with Gasteiger partial charge in [0.05, 0.1) is 24.6 Å². The second-order valence-corrected chi connectivity index (χ2v) is 15.3. The molecule has 3 aliphatic heterocycles. The Balaban J connectivity index is 1.60. The Bertz CT molecular complexity index is 1110. The second kappa shape index (κ2) is 10.4. The number of rotatable bonds is 10. The summed E-state index contributed by atoms with van der Waals surface area (Å²) in [7, 11) is -0.795. The third kappa shape index (κ3) is 4.86. The number of unbranched alkanes of at least 4 members (excludes halogenated alkanes) is 1. The molecular formula is C33H48N2OSi+. The van der Waals surface area contributed by atoms with Crippen LogP contribution in [0.3, 0.4) is 0 Å². The van der Waals surface area contributed by atoms with Crippen LogP contribution in [-0.2, 0) is 16.4 Å². The van der Waals surface area contributed by atoms with E-state index in [9.17, 15) is 0 Å². The fraction of sp³-hybridized carbons (Fsp3) is 0.576. The average molecular weight is 517 g/mol. The number of para-hydroxylation sites is 1. The van der Waals surface area contributed by atoms with Gasteiger partial charge < -0.3 is 14.2 Å². The summed E-state index contributed by atoms with van der Waals surface area (Å²) < 4.78 is 8.08. The van der Waals surface area contributed by atoms with Crippen LogP contribution >= 0.6 is 0 Å². The van der Waals surface area contributed by atoms with Crippen LogP contribution in [-0.4, -0.2) is 38.8 Å². The Labute approximate surface area is 227 Å². The van der Waals surface area contributed by atoms with Gasteiger partial charge in [-0.1, -0.05) is 89.1 Å². The lowest BCUT2D eigenvalue weighted by molar-refractivity contribution is -0.950. The first-order chi connectivity index (χ1) is 17.7. The van der Waals surface area contributed by atoms with E-state index >= 15 is 0 Å². The van der Waals surface area contributed by atoms with Crippen LogP contribution in [0, 0.1) is 11.3 Å². The number of hydrogen-bond acceptors (Lipinski definition) is 2. The lowest BCUT2D eigenvalue weighted by atomic mass is 9.66. The van der Waals surface area contributed by atoms with Gasteiger partial charge in [0.15, 0.2) is 0 Å². The Kier molecular flexibility index (Phi) is 7.47. The molecule has 1 spiro atoms. The highest BCUT2D eigenvalue weighted by Gasteiger charge is 2.65. The van der Waals surface area contributed by atoms with Crippen molar-refractivity contribution in [3.8, 4) is 0 Å². The fourth-order valence-electron chi connectivity index (χ4n) is 7.93. The first-order valence-corrected chi connectivity index (χ1v) is 17.0. The maximum absolute atomic E-state index is 6.90. The Morgan fingerprint density at radius 2 is 1.81 bits per heavy atom. The summed E-state index contributed by atoms with van der Waals surface area (Å²) >= 11 is 0. The van der Waals surface area contributed by atoms with Crippen molar-refractivity contribution in [3.63, 3.8) is 0 Å². The summed E-state index contributed by atoms with van der Waals surface area (Å²) in [5.41, 5.74) is 6.07. The monoisotopic (exact) mass is 516 g/mol. The molecule has 2 aromatic rings. The van der Waals surface area contributed by atoms with E-state index in [1.807, 2.05) is 0 Å². The van der Waals surface area contributed by atoms with Crippen molar-refractivity contribution >= 4 is 14.7 Å². The van der Waals surface area contributed by atoms with E-state index in [0.29, 0.717) is 18.1 Å². The third-order valence-electron chi connectivity index (χ3n) is 9.44. The van der Waals surface area contributed by atoms with E-state index < -0.39 is 9.04 Å². The molecule has 2 aromatic carbocycles. The number of anilines is 1. The zero-order valence-electron chi connectivity index (χ0n) is 24.0. The van der Waals surface area contributed by atoms with E-state index in [0.717, 1.165) is 13.1 Å². The van der Waals surface area contributed by atoms with Crippen molar-refractivity contribution in [2.24, 2.45) is 11.3 Å². The molecule has 1 saturated heterocycles. The van der Waals surface area contributed by atoms with Gasteiger partial charge in [0.1, 0.15) is 12.6 Å². The van der Waals surface area contributed by atoms with Gasteiger partial charge in [-0.2, -0.15) is 0 Å². The highest BCUT2D eigenvalue weighted by atomic mass is 28.3. The molecule has 5 rings (SSSR count). The van der Waals surface area contributed by atoms with Crippen molar-refractivity contribution < 1.29 is 8.91 Å². The van der Waals surface area contributed by atoms with Crippen molar-refractivity contribution in [2.75, 3.05) is 18.4 Å². The molecule has 5 unspecified atom stereocenters. The van der Waals surface area contributed by atoms with E-state index in [2.05, 4.69) is 107 Å². The SMILES string of the molecule is CCCCC(CC1C23CC[N+]1(Cc1ccccc1)CC=C2Nc1ccccc13)C(O[Si](C)C)C(C)(C)C. The smallest absolute Gasteiger partial charge is 0.205 e. The van der Waals surface area contributed by atoms with Crippen LogP contribution in [0.25, 0.3) is 0 Å². The predicted octanol–water partition coefficient (Wildman–Crippen LogP) is 7.92. The molecule has 0 amide bonds. The van der Waals surface area contributed by atoms with Crippen molar-refractivity contribution in [1.82, 2.24) is 0 Å². The zero-order valence-corrected chi connectivity index (χ0v) is 25.0. The van der Waals surface area contributed by atoms with Crippen LogP contribution in [0.5, 0.6) is 0 Å². The average Bonchev–Trinajstić information content (AvgIpc) is 3.30. The molecule has 1 fully saturated rings.